The van der Waals surface area contributed by atoms with E-state index < -0.39 is 0 Å². The first-order valence-electron chi connectivity index (χ1n) is 5.38. The van der Waals surface area contributed by atoms with Crippen LogP contribution >= 0.6 is 0 Å². The molecule has 0 spiro atoms. The summed E-state index contributed by atoms with van der Waals surface area (Å²) >= 11 is 0. The van der Waals surface area contributed by atoms with Crippen LogP contribution in [0.4, 0.5) is 0 Å². The van der Waals surface area contributed by atoms with Gasteiger partial charge in [-0.05, 0) is 19.3 Å². The first-order chi connectivity index (χ1) is 7.81. The number of amides is 1. The van der Waals surface area contributed by atoms with E-state index in [1.54, 1.807) is 0 Å². The summed E-state index contributed by atoms with van der Waals surface area (Å²) in [5.74, 6) is 1.19. The van der Waals surface area contributed by atoms with E-state index in [0.29, 0.717) is 25.3 Å². The molecule has 0 unspecified atom stereocenters. The molecule has 0 aliphatic heterocycles. The Bertz CT molecular complexity index is 415. The van der Waals surface area contributed by atoms with Gasteiger partial charge in [0.1, 0.15) is 5.82 Å². The van der Waals surface area contributed by atoms with Crippen LogP contribution in [0.3, 0.4) is 0 Å². The molecule has 2 N–H and O–H groups in total. The molecule has 0 radical (unpaired) electrons. The number of unbranched alkanes of at least 4 members (excludes halogenated alkanes) is 1. The lowest BCUT2D eigenvalue weighted by molar-refractivity contribution is 0.0943. The molecule has 0 aromatic carbocycles. The van der Waals surface area contributed by atoms with Gasteiger partial charge in [-0.3, -0.25) is 9.89 Å². The molecule has 0 bridgehead atoms. The fraction of sp³-hybridized carbons (Fsp3) is 0.600. The maximum absolute atomic E-state index is 11.5. The van der Waals surface area contributed by atoms with Crippen LogP contribution in [-0.4, -0.2) is 27.6 Å². The maximum atomic E-state index is 11.5. The lowest BCUT2D eigenvalue weighted by atomic mass is 10.3. The Labute approximate surface area is 93.1 Å². The number of nitriles is 1. The minimum Gasteiger partial charge on any atom is -0.349 e. The quantitative estimate of drug-likeness (QED) is 0.713. The molecule has 1 aromatic rings. The Balaban J connectivity index is 1.81. The second kappa shape index (κ2) is 4.75. The number of carbonyl (C=O) groups is 1. The second-order valence-electron chi connectivity index (χ2n) is 3.84. The van der Waals surface area contributed by atoms with Crippen molar-refractivity contribution in [2.75, 3.05) is 6.54 Å². The van der Waals surface area contributed by atoms with E-state index in [9.17, 15) is 4.79 Å². The Hall–Kier alpha value is -1.90. The molecule has 0 atom stereocenters. The van der Waals surface area contributed by atoms with E-state index in [0.717, 1.165) is 18.7 Å². The van der Waals surface area contributed by atoms with Gasteiger partial charge in [0.25, 0.3) is 5.91 Å². The number of aromatic nitrogens is 3. The molecule has 1 amide bonds. The van der Waals surface area contributed by atoms with Crippen LogP contribution < -0.4 is 5.32 Å². The van der Waals surface area contributed by atoms with Gasteiger partial charge < -0.3 is 5.32 Å². The zero-order chi connectivity index (χ0) is 11.4. The lowest BCUT2D eigenvalue weighted by Gasteiger charge is -1.98. The number of H-pyrrole nitrogens is 1. The van der Waals surface area contributed by atoms with E-state index in [1.807, 2.05) is 6.07 Å². The highest BCUT2D eigenvalue weighted by Gasteiger charge is 2.28. The van der Waals surface area contributed by atoms with Crippen molar-refractivity contribution >= 4 is 5.91 Å². The van der Waals surface area contributed by atoms with E-state index in [1.165, 1.54) is 0 Å². The van der Waals surface area contributed by atoms with Gasteiger partial charge in [0.15, 0.2) is 0 Å². The minimum absolute atomic E-state index is 0.193. The van der Waals surface area contributed by atoms with Crippen molar-refractivity contribution in [1.29, 1.82) is 5.26 Å². The molecule has 6 nitrogen and oxygen atoms in total. The molecular formula is C10H13N5O. The molecule has 1 aliphatic carbocycles. The largest absolute Gasteiger partial charge is 0.349 e. The van der Waals surface area contributed by atoms with Crippen LogP contribution in [0.25, 0.3) is 0 Å². The second-order valence-corrected chi connectivity index (χ2v) is 3.84. The average Bonchev–Trinajstić information content (AvgIpc) is 3.02. The number of hydrogen-bond donors (Lipinski definition) is 2. The molecule has 1 fully saturated rings. The third-order valence-corrected chi connectivity index (χ3v) is 2.42. The fourth-order valence-corrected chi connectivity index (χ4v) is 1.36. The third kappa shape index (κ3) is 2.57. The van der Waals surface area contributed by atoms with Crippen LogP contribution in [0.15, 0.2) is 0 Å². The first kappa shape index (κ1) is 10.6. The normalized spacial score (nSPS) is 14.4. The molecule has 6 heteroatoms. The minimum atomic E-state index is -0.277. The zero-order valence-electron chi connectivity index (χ0n) is 8.86. The topological polar surface area (TPSA) is 94.5 Å². The van der Waals surface area contributed by atoms with Crippen molar-refractivity contribution in [3.63, 3.8) is 0 Å². The SMILES string of the molecule is N#CCCCNC(=O)c1n[nH]c(C2CC2)n1. The molecule has 1 aliphatic rings. The Morgan fingerprint density at radius 3 is 3.12 bits per heavy atom. The molecule has 1 aromatic heterocycles. The predicted molar refractivity (Wildman–Crippen MR) is 55.5 cm³/mol. The van der Waals surface area contributed by atoms with Crippen molar-refractivity contribution in [3.8, 4) is 6.07 Å². The monoisotopic (exact) mass is 219 g/mol. The van der Waals surface area contributed by atoms with E-state index in [-0.39, 0.29) is 11.7 Å². The third-order valence-electron chi connectivity index (χ3n) is 2.42. The number of aromatic amines is 1. The van der Waals surface area contributed by atoms with Crippen molar-refractivity contribution in [2.45, 2.75) is 31.6 Å². The van der Waals surface area contributed by atoms with E-state index >= 15 is 0 Å². The number of hydrogen-bond acceptors (Lipinski definition) is 4. The van der Waals surface area contributed by atoms with Crippen molar-refractivity contribution in [2.24, 2.45) is 0 Å². The van der Waals surface area contributed by atoms with Crippen molar-refractivity contribution in [1.82, 2.24) is 20.5 Å². The first-order valence-corrected chi connectivity index (χ1v) is 5.38. The summed E-state index contributed by atoms with van der Waals surface area (Å²) in [6, 6.07) is 2.02. The number of rotatable bonds is 5. The highest BCUT2D eigenvalue weighted by atomic mass is 16.2. The smallest absolute Gasteiger partial charge is 0.290 e. The van der Waals surface area contributed by atoms with Gasteiger partial charge in [-0.25, -0.2) is 4.98 Å². The van der Waals surface area contributed by atoms with Gasteiger partial charge >= 0.3 is 0 Å². The fourth-order valence-electron chi connectivity index (χ4n) is 1.36. The molecule has 2 rings (SSSR count). The van der Waals surface area contributed by atoms with Gasteiger partial charge in [-0.1, -0.05) is 0 Å². The number of nitrogens with zero attached hydrogens (tertiary/aromatic N) is 3. The molecule has 84 valence electrons. The summed E-state index contributed by atoms with van der Waals surface area (Å²) in [5.41, 5.74) is 0. The lowest BCUT2D eigenvalue weighted by Crippen LogP contribution is -2.25. The predicted octanol–water partition coefficient (Wildman–Crippen LogP) is 0.716. The molecule has 0 saturated heterocycles. The summed E-state index contributed by atoms with van der Waals surface area (Å²) in [4.78, 5) is 15.7. The van der Waals surface area contributed by atoms with Crippen LogP contribution in [0.5, 0.6) is 0 Å². The summed E-state index contributed by atoms with van der Waals surface area (Å²) in [7, 11) is 0. The molecule has 1 heterocycles. The van der Waals surface area contributed by atoms with Gasteiger partial charge in [0.2, 0.25) is 5.82 Å². The summed E-state index contributed by atoms with van der Waals surface area (Å²) in [5, 5.41) is 17.6. The van der Waals surface area contributed by atoms with Crippen LogP contribution in [0, 0.1) is 11.3 Å². The maximum Gasteiger partial charge on any atom is 0.290 e. The summed E-state index contributed by atoms with van der Waals surface area (Å²) in [6.07, 6.45) is 3.35. The summed E-state index contributed by atoms with van der Waals surface area (Å²) < 4.78 is 0. The highest BCUT2D eigenvalue weighted by Crippen LogP contribution is 2.37. The van der Waals surface area contributed by atoms with Crippen molar-refractivity contribution in [3.05, 3.63) is 11.6 Å². The standard InChI is InChI=1S/C10H13N5O/c11-5-1-2-6-12-10(16)9-13-8(14-15-9)7-3-4-7/h7H,1-4,6H2,(H,12,16)(H,13,14,15). The van der Waals surface area contributed by atoms with Gasteiger partial charge in [0.05, 0.1) is 6.07 Å². The van der Waals surface area contributed by atoms with Crippen LogP contribution in [0.1, 0.15) is 48.0 Å². The van der Waals surface area contributed by atoms with Crippen LogP contribution in [-0.2, 0) is 0 Å². The van der Waals surface area contributed by atoms with Gasteiger partial charge in [-0.15, -0.1) is 5.10 Å². The molecule has 1 saturated carbocycles. The van der Waals surface area contributed by atoms with Crippen LogP contribution in [0.2, 0.25) is 0 Å². The number of nitrogens with one attached hydrogen (secondary N) is 2. The Kier molecular flexibility index (Phi) is 3.15. The van der Waals surface area contributed by atoms with Gasteiger partial charge in [0, 0.05) is 18.9 Å². The summed E-state index contributed by atoms with van der Waals surface area (Å²) in [6.45, 7) is 0.486. The van der Waals surface area contributed by atoms with Crippen molar-refractivity contribution < 1.29 is 4.79 Å². The molecule has 16 heavy (non-hydrogen) atoms. The van der Waals surface area contributed by atoms with Gasteiger partial charge in [-0.2, -0.15) is 5.26 Å². The van der Waals surface area contributed by atoms with E-state index in [2.05, 4.69) is 20.5 Å². The Morgan fingerprint density at radius 2 is 2.44 bits per heavy atom. The zero-order valence-corrected chi connectivity index (χ0v) is 8.86. The Morgan fingerprint density at radius 1 is 1.62 bits per heavy atom. The average molecular weight is 219 g/mol. The number of carbonyl (C=O) groups excluding carboxylic acids is 1. The highest BCUT2D eigenvalue weighted by molar-refractivity contribution is 5.90. The van der Waals surface area contributed by atoms with E-state index in [4.69, 9.17) is 5.26 Å². The molecular weight excluding hydrogens is 206 g/mol.